The van der Waals surface area contributed by atoms with Gasteiger partial charge in [-0.2, -0.15) is 0 Å². The Hall–Kier alpha value is -1.50. The lowest BCUT2D eigenvalue weighted by atomic mass is 10.1. The van der Waals surface area contributed by atoms with E-state index in [2.05, 4.69) is 29.2 Å². The Balaban J connectivity index is 1.94. The van der Waals surface area contributed by atoms with Gasteiger partial charge in [0.2, 0.25) is 0 Å². The van der Waals surface area contributed by atoms with Gasteiger partial charge in [-0.05, 0) is 44.4 Å². The third kappa shape index (κ3) is 3.39. The fraction of sp³-hybridized carbons (Fsp3) is 0.375. The summed E-state index contributed by atoms with van der Waals surface area (Å²) < 4.78 is 0. The maximum absolute atomic E-state index is 11.8. The minimum absolute atomic E-state index is 0.335. The van der Waals surface area contributed by atoms with Crippen LogP contribution in [0.15, 0.2) is 23.1 Å². The molecule has 0 aliphatic carbocycles. The summed E-state index contributed by atoms with van der Waals surface area (Å²) >= 11 is 7.35. The van der Waals surface area contributed by atoms with Crippen molar-refractivity contribution >= 4 is 46.3 Å². The predicted molar refractivity (Wildman–Crippen MR) is 94.9 cm³/mol. The summed E-state index contributed by atoms with van der Waals surface area (Å²) in [5, 5.41) is 2.60. The molecule has 1 aromatic carbocycles. The molecular weight excluding hydrogens is 334 g/mol. The molecule has 0 unspecified atom stereocenters. The third-order valence-electron chi connectivity index (χ3n) is 4.16. The van der Waals surface area contributed by atoms with Crippen LogP contribution in [0.5, 0.6) is 0 Å². The number of nitrogens with one attached hydrogen (secondary N) is 1. The lowest BCUT2D eigenvalue weighted by Gasteiger charge is -2.24. The molecule has 2 amide bonds. The van der Waals surface area contributed by atoms with Crippen LogP contribution in [0.3, 0.4) is 0 Å². The number of benzene rings is 1. The zero-order chi connectivity index (χ0) is 16.6. The van der Waals surface area contributed by atoms with Gasteiger partial charge in [0, 0.05) is 24.7 Å². The van der Waals surface area contributed by atoms with E-state index in [1.54, 1.807) is 6.08 Å². The number of anilines is 1. The molecule has 0 saturated carbocycles. The maximum atomic E-state index is 11.8. The summed E-state index contributed by atoms with van der Waals surface area (Å²) in [4.78, 5) is 28.0. The normalized spacial score (nSPS) is 23.2. The largest absolute Gasteiger partial charge is 0.368 e. The van der Waals surface area contributed by atoms with E-state index in [1.165, 1.54) is 0 Å². The van der Waals surface area contributed by atoms with Crippen molar-refractivity contribution in [3.63, 3.8) is 0 Å². The molecule has 2 aliphatic heterocycles. The van der Waals surface area contributed by atoms with Crippen LogP contribution in [-0.4, -0.2) is 49.3 Å². The van der Waals surface area contributed by atoms with Crippen molar-refractivity contribution in [2.45, 2.75) is 12.5 Å². The van der Waals surface area contributed by atoms with Crippen LogP contribution in [0.4, 0.5) is 10.5 Å². The van der Waals surface area contributed by atoms with Gasteiger partial charge in [0.25, 0.3) is 11.1 Å². The molecule has 0 bridgehead atoms. The number of hydrogen-bond acceptors (Lipinski definition) is 5. The van der Waals surface area contributed by atoms with Crippen molar-refractivity contribution in [2.75, 3.05) is 32.1 Å². The summed E-state index contributed by atoms with van der Waals surface area (Å²) in [6.07, 6.45) is 2.82. The van der Waals surface area contributed by atoms with E-state index < -0.39 is 0 Å². The van der Waals surface area contributed by atoms with E-state index in [-0.39, 0.29) is 11.1 Å². The van der Waals surface area contributed by atoms with E-state index in [9.17, 15) is 9.59 Å². The Morgan fingerprint density at radius 2 is 2.17 bits per heavy atom. The summed E-state index contributed by atoms with van der Waals surface area (Å²) in [6.45, 7) is 1.81. The molecule has 1 aromatic rings. The highest BCUT2D eigenvalue weighted by atomic mass is 35.5. The van der Waals surface area contributed by atoms with Gasteiger partial charge in [0.1, 0.15) is 0 Å². The van der Waals surface area contributed by atoms with E-state index in [0.29, 0.717) is 16.0 Å². The third-order valence-corrected chi connectivity index (χ3v) is 5.27. The minimum atomic E-state index is -0.349. The van der Waals surface area contributed by atoms with Crippen molar-refractivity contribution in [3.8, 4) is 0 Å². The summed E-state index contributed by atoms with van der Waals surface area (Å²) in [7, 11) is 4.16. The van der Waals surface area contributed by atoms with E-state index >= 15 is 0 Å². The molecule has 3 rings (SSSR count). The SMILES string of the molecule is CN(C)[C@H]1CCN(c2c(Cl)cccc2/C=C2\SC(=O)NC2=O)C1. The first-order chi connectivity index (χ1) is 11.0. The monoisotopic (exact) mass is 351 g/mol. The molecule has 1 atom stereocenters. The van der Waals surface area contributed by atoms with Gasteiger partial charge < -0.3 is 9.80 Å². The molecule has 2 heterocycles. The molecule has 0 aromatic heterocycles. The number of para-hydroxylation sites is 1. The first-order valence-electron chi connectivity index (χ1n) is 7.40. The molecule has 2 aliphatic rings. The molecular formula is C16H18ClN3O2S. The van der Waals surface area contributed by atoms with Crippen molar-refractivity contribution in [2.24, 2.45) is 0 Å². The van der Waals surface area contributed by atoms with Gasteiger partial charge in [0.05, 0.1) is 15.6 Å². The average Bonchev–Trinajstić information content (AvgIpc) is 3.07. The highest BCUT2D eigenvalue weighted by Gasteiger charge is 2.28. The second-order valence-electron chi connectivity index (χ2n) is 5.88. The van der Waals surface area contributed by atoms with Gasteiger partial charge in [-0.15, -0.1) is 0 Å². The van der Waals surface area contributed by atoms with Crippen LogP contribution in [0.2, 0.25) is 5.02 Å². The zero-order valence-corrected chi connectivity index (χ0v) is 14.6. The maximum Gasteiger partial charge on any atom is 0.290 e. The first kappa shape index (κ1) is 16.4. The lowest BCUT2D eigenvalue weighted by molar-refractivity contribution is -0.115. The second kappa shape index (κ2) is 6.55. The summed E-state index contributed by atoms with van der Waals surface area (Å²) in [6, 6.07) is 6.12. The van der Waals surface area contributed by atoms with Crippen LogP contribution in [0.1, 0.15) is 12.0 Å². The topological polar surface area (TPSA) is 52.6 Å². The Morgan fingerprint density at radius 3 is 2.78 bits per heavy atom. The molecule has 122 valence electrons. The zero-order valence-electron chi connectivity index (χ0n) is 13.0. The number of amides is 2. The van der Waals surface area contributed by atoms with E-state index in [1.807, 2.05) is 18.2 Å². The van der Waals surface area contributed by atoms with E-state index in [0.717, 1.165) is 42.5 Å². The fourth-order valence-corrected chi connectivity index (χ4v) is 3.89. The molecule has 5 nitrogen and oxygen atoms in total. The average molecular weight is 352 g/mol. The molecule has 0 radical (unpaired) electrons. The number of nitrogens with zero attached hydrogens (tertiary/aromatic N) is 2. The number of thioether (sulfide) groups is 1. The molecule has 7 heteroatoms. The quantitative estimate of drug-likeness (QED) is 0.849. The fourth-order valence-electron chi connectivity index (χ4n) is 2.91. The Morgan fingerprint density at radius 1 is 1.39 bits per heavy atom. The number of halogens is 1. The van der Waals surface area contributed by atoms with E-state index in [4.69, 9.17) is 11.6 Å². The highest BCUT2D eigenvalue weighted by Crippen LogP contribution is 2.36. The summed E-state index contributed by atoms with van der Waals surface area (Å²) in [5.41, 5.74) is 1.79. The molecule has 0 spiro atoms. The molecule has 23 heavy (non-hydrogen) atoms. The number of carbonyl (C=O) groups excluding carboxylic acids is 2. The van der Waals surface area contributed by atoms with Gasteiger partial charge in [-0.1, -0.05) is 23.7 Å². The van der Waals surface area contributed by atoms with Gasteiger partial charge >= 0.3 is 0 Å². The number of imide groups is 1. The smallest absolute Gasteiger partial charge is 0.290 e. The van der Waals surface area contributed by atoms with Crippen LogP contribution < -0.4 is 10.2 Å². The Kier molecular flexibility index (Phi) is 4.66. The molecule has 2 saturated heterocycles. The standard InChI is InChI=1S/C16H18ClN3O2S/c1-19(2)11-6-7-20(9-11)14-10(4-3-5-12(14)17)8-13-15(21)18-16(22)23-13/h3-5,8,11H,6-7,9H2,1-2H3,(H,18,21,22)/b13-8-/t11-/m0/s1. The molecule has 2 fully saturated rings. The van der Waals surface area contributed by atoms with Crippen molar-refractivity contribution in [1.82, 2.24) is 10.2 Å². The number of hydrogen-bond donors (Lipinski definition) is 1. The summed E-state index contributed by atoms with van der Waals surface area (Å²) in [5.74, 6) is -0.349. The van der Waals surface area contributed by atoms with Gasteiger partial charge in [0.15, 0.2) is 0 Å². The van der Waals surface area contributed by atoms with Crippen LogP contribution >= 0.6 is 23.4 Å². The second-order valence-corrected chi connectivity index (χ2v) is 7.30. The number of rotatable bonds is 3. The van der Waals surface area contributed by atoms with Gasteiger partial charge in [-0.3, -0.25) is 14.9 Å². The lowest BCUT2D eigenvalue weighted by Crippen LogP contribution is -2.31. The number of carbonyl (C=O) groups is 2. The predicted octanol–water partition coefficient (Wildman–Crippen LogP) is 2.80. The van der Waals surface area contributed by atoms with Crippen molar-refractivity contribution < 1.29 is 9.59 Å². The van der Waals surface area contributed by atoms with Crippen molar-refractivity contribution in [1.29, 1.82) is 0 Å². The highest BCUT2D eigenvalue weighted by molar-refractivity contribution is 8.18. The Labute approximate surface area is 144 Å². The molecule has 1 N–H and O–H groups in total. The first-order valence-corrected chi connectivity index (χ1v) is 8.60. The Bertz CT molecular complexity index is 690. The van der Waals surface area contributed by atoms with Crippen LogP contribution in [-0.2, 0) is 4.79 Å². The number of likely N-dealkylation sites (N-methyl/N-ethyl adjacent to an activating group) is 1. The van der Waals surface area contributed by atoms with Crippen LogP contribution in [0.25, 0.3) is 6.08 Å². The van der Waals surface area contributed by atoms with Crippen molar-refractivity contribution in [3.05, 3.63) is 33.7 Å². The van der Waals surface area contributed by atoms with Gasteiger partial charge in [-0.25, -0.2) is 0 Å². The minimum Gasteiger partial charge on any atom is -0.368 e. The van der Waals surface area contributed by atoms with Crippen LogP contribution in [0, 0.1) is 0 Å².